The molecule has 2 aliphatic heterocycles. The average Bonchev–Trinajstić information content (AvgIpc) is 3.71. The molecule has 0 radical (unpaired) electrons. The normalized spacial score (nSPS) is 13.9. The minimum absolute atomic E-state index is 0.0149. The fourth-order valence-corrected chi connectivity index (χ4v) is 11.3. The molecular formula is C68H72BN3O. The van der Waals surface area contributed by atoms with Gasteiger partial charge in [0.15, 0.2) is 5.58 Å². The van der Waals surface area contributed by atoms with E-state index < -0.39 is 0 Å². The van der Waals surface area contributed by atoms with Crippen molar-refractivity contribution in [1.29, 1.82) is 0 Å². The van der Waals surface area contributed by atoms with Gasteiger partial charge >= 0.3 is 0 Å². The number of para-hydroxylation sites is 1. The number of benzene rings is 8. The van der Waals surface area contributed by atoms with Crippen LogP contribution in [0.15, 0.2) is 168 Å². The first-order chi connectivity index (χ1) is 34.4. The van der Waals surface area contributed by atoms with Crippen LogP contribution in [0.5, 0.6) is 0 Å². The van der Waals surface area contributed by atoms with Crippen LogP contribution >= 0.6 is 0 Å². The van der Waals surface area contributed by atoms with Crippen molar-refractivity contribution < 1.29 is 4.42 Å². The zero-order valence-electron chi connectivity index (χ0n) is 45.9. The zero-order valence-corrected chi connectivity index (χ0v) is 45.9. The van der Waals surface area contributed by atoms with E-state index in [0.717, 1.165) is 61.8 Å². The summed E-state index contributed by atoms with van der Waals surface area (Å²) in [5.41, 5.74) is 22.3. The van der Waals surface area contributed by atoms with Crippen molar-refractivity contribution in [2.24, 2.45) is 0 Å². The Labute approximate surface area is 435 Å². The summed E-state index contributed by atoms with van der Waals surface area (Å²) < 4.78 is 7.16. The van der Waals surface area contributed by atoms with Crippen molar-refractivity contribution in [2.75, 3.05) is 14.7 Å². The number of hydrogen-bond donors (Lipinski definition) is 0. The molecule has 3 heterocycles. The molecule has 1 aromatic heterocycles. The molecule has 0 N–H and O–H groups in total. The van der Waals surface area contributed by atoms with Crippen LogP contribution in [0, 0.1) is 0 Å². The Morgan fingerprint density at radius 2 is 0.795 bits per heavy atom. The summed E-state index contributed by atoms with van der Waals surface area (Å²) in [5, 5.41) is 2.17. The molecule has 0 atom stereocenters. The lowest BCUT2D eigenvalue weighted by molar-refractivity contribution is 0.590. The second-order valence-corrected chi connectivity index (χ2v) is 26.0. The third-order valence-electron chi connectivity index (χ3n) is 15.6. The highest BCUT2D eigenvalue weighted by atomic mass is 16.3. The van der Waals surface area contributed by atoms with Crippen LogP contribution in [0.4, 0.5) is 51.2 Å². The largest absolute Gasteiger partial charge is 0.454 e. The Morgan fingerprint density at radius 3 is 1.29 bits per heavy atom. The van der Waals surface area contributed by atoms with E-state index in [0.29, 0.717) is 0 Å². The van der Waals surface area contributed by atoms with Crippen molar-refractivity contribution >= 4 is 96.2 Å². The molecule has 0 saturated carbocycles. The lowest BCUT2D eigenvalue weighted by atomic mass is 9.33. The first-order valence-electron chi connectivity index (χ1n) is 26.5. The molecule has 73 heavy (non-hydrogen) atoms. The van der Waals surface area contributed by atoms with E-state index in [-0.39, 0.29) is 33.8 Å². The molecule has 0 amide bonds. The second kappa shape index (κ2) is 16.8. The first kappa shape index (κ1) is 48.3. The summed E-state index contributed by atoms with van der Waals surface area (Å²) in [5.74, 6) is 0. The third kappa shape index (κ3) is 8.34. The van der Waals surface area contributed by atoms with E-state index in [9.17, 15) is 0 Å². The van der Waals surface area contributed by atoms with E-state index in [1.165, 1.54) is 55.6 Å². The SMILES string of the molecule is CC(C)(C)c1ccc(N(c2ccc(C(C)(C)C)cc2)c2cc(N3c4ccc(C(C)(C)C)cc4B4c5cc(C(C)(C)C)ccc5N(c5ccc(C(C)(C)C)cc5)c5cccc3c54)c3oc4ccccc4c3c2)cc1. The van der Waals surface area contributed by atoms with Gasteiger partial charge in [-0.15, -0.1) is 0 Å². The number of furan rings is 1. The van der Waals surface area contributed by atoms with Crippen LogP contribution in [-0.2, 0) is 27.1 Å². The summed E-state index contributed by atoms with van der Waals surface area (Å²) in [4.78, 5) is 7.50. The van der Waals surface area contributed by atoms with Gasteiger partial charge in [-0.1, -0.05) is 189 Å². The molecule has 8 aromatic carbocycles. The van der Waals surface area contributed by atoms with Crippen LogP contribution in [-0.4, -0.2) is 6.71 Å². The zero-order chi connectivity index (χ0) is 51.7. The smallest absolute Gasteiger partial charge is 0.252 e. The Balaban J connectivity index is 1.23. The van der Waals surface area contributed by atoms with Crippen LogP contribution in [0.25, 0.3) is 21.9 Å². The third-order valence-corrected chi connectivity index (χ3v) is 15.6. The molecule has 4 nitrogen and oxygen atoms in total. The first-order valence-corrected chi connectivity index (χ1v) is 26.5. The van der Waals surface area contributed by atoms with Crippen LogP contribution in [0.2, 0.25) is 0 Å². The molecule has 0 aliphatic carbocycles. The van der Waals surface area contributed by atoms with Gasteiger partial charge in [-0.25, -0.2) is 0 Å². The summed E-state index contributed by atoms with van der Waals surface area (Å²) in [6.45, 7) is 34.6. The fourth-order valence-electron chi connectivity index (χ4n) is 11.3. The predicted molar refractivity (Wildman–Crippen MR) is 316 cm³/mol. The summed E-state index contributed by atoms with van der Waals surface area (Å²) >= 11 is 0. The fraction of sp³-hybridized carbons (Fsp3) is 0.294. The highest BCUT2D eigenvalue weighted by Crippen LogP contribution is 2.50. The van der Waals surface area contributed by atoms with Crippen molar-refractivity contribution in [2.45, 2.75) is 131 Å². The maximum atomic E-state index is 7.16. The summed E-state index contributed by atoms with van der Waals surface area (Å²) in [6.07, 6.45) is 0. The van der Waals surface area contributed by atoms with Crippen LogP contribution < -0.4 is 31.1 Å². The standard InChI is InChI=1S/C68H72BN3O/c1-64(2,3)43-23-31-48(32-24-43)70(49-33-25-44(26-34-49)65(4,5)6)51-41-53-52-19-16-17-22-61(52)73-63(53)60(42-51)72-57-38-30-47(68(13,14)15)40-55(57)69-54-39-46(67(10,11)12)29-37-56(54)71(58-20-18-21-59(72)62(58)69)50-35-27-45(28-36-50)66(7,8)9/h16-42H,1-15H3. The molecule has 9 aromatic rings. The van der Waals surface area contributed by atoms with Gasteiger partial charge in [0.05, 0.1) is 5.69 Å². The van der Waals surface area contributed by atoms with E-state index in [1.807, 2.05) is 0 Å². The van der Waals surface area contributed by atoms with Gasteiger partial charge in [0.2, 0.25) is 0 Å². The molecule has 368 valence electrons. The second-order valence-electron chi connectivity index (χ2n) is 26.0. The highest BCUT2D eigenvalue weighted by molar-refractivity contribution is 7.00. The van der Waals surface area contributed by atoms with Gasteiger partial charge in [-0.2, -0.15) is 0 Å². The van der Waals surface area contributed by atoms with Gasteiger partial charge in [-0.05, 0) is 150 Å². The van der Waals surface area contributed by atoms with Gasteiger partial charge in [0.25, 0.3) is 6.71 Å². The topological polar surface area (TPSA) is 22.9 Å². The lowest BCUT2D eigenvalue weighted by Crippen LogP contribution is -2.61. The van der Waals surface area contributed by atoms with E-state index >= 15 is 0 Å². The molecule has 0 saturated heterocycles. The van der Waals surface area contributed by atoms with Gasteiger partial charge in [0, 0.05) is 56.3 Å². The van der Waals surface area contributed by atoms with E-state index in [4.69, 9.17) is 4.42 Å². The highest BCUT2D eigenvalue weighted by Gasteiger charge is 2.45. The van der Waals surface area contributed by atoms with E-state index in [1.54, 1.807) is 0 Å². The van der Waals surface area contributed by atoms with Crippen molar-refractivity contribution in [3.05, 3.63) is 192 Å². The van der Waals surface area contributed by atoms with E-state index in [2.05, 4.69) is 282 Å². The molecule has 0 unspecified atom stereocenters. The maximum Gasteiger partial charge on any atom is 0.252 e. The molecule has 11 rings (SSSR count). The van der Waals surface area contributed by atoms with Crippen molar-refractivity contribution in [3.63, 3.8) is 0 Å². The molecule has 0 bridgehead atoms. The minimum Gasteiger partial charge on any atom is -0.454 e. The van der Waals surface area contributed by atoms with Gasteiger partial charge in [-0.3, -0.25) is 0 Å². The van der Waals surface area contributed by atoms with Gasteiger partial charge < -0.3 is 19.1 Å². The van der Waals surface area contributed by atoms with Crippen LogP contribution in [0.3, 0.4) is 0 Å². The van der Waals surface area contributed by atoms with Crippen molar-refractivity contribution in [1.82, 2.24) is 0 Å². The molecule has 0 fully saturated rings. The number of rotatable bonds is 5. The monoisotopic (exact) mass is 958 g/mol. The average molecular weight is 958 g/mol. The van der Waals surface area contributed by atoms with Gasteiger partial charge in [0.1, 0.15) is 5.58 Å². The molecular weight excluding hydrogens is 886 g/mol. The number of hydrogen-bond acceptors (Lipinski definition) is 4. The Morgan fingerprint density at radius 1 is 0.356 bits per heavy atom. The number of fused-ring (bicyclic) bond motifs is 7. The Kier molecular flexibility index (Phi) is 11.1. The summed E-state index contributed by atoms with van der Waals surface area (Å²) in [6, 6.07) is 62.4. The van der Waals surface area contributed by atoms with Crippen LogP contribution in [0.1, 0.15) is 132 Å². The Bertz CT molecular complexity index is 3530. The quantitative estimate of drug-likeness (QED) is 0.160. The molecule has 0 spiro atoms. The Hall–Kier alpha value is -6.98. The maximum absolute atomic E-state index is 7.16. The number of nitrogens with zero attached hydrogens (tertiary/aromatic N) is 3. The molecule has 5 heteroatoms. The number of anilines is 9. The minimum atomic E-state index is -0.0806. The van der Waals surface area contributed by atoms with Crippen molar-refractivity contribution in [3.8, 4) is 0 Å². The lowest BCUT2D eigenvalue weighted by Gasteiger charge is -2.45. The summed E-state index contributed by atoms with van der Waals surface area (Å²) in [7, 11) is 0. The molecule has 2 aliphatic rings. The predicted octanol–water partition coefficient (Wildman–Crippen LogP) is 17.6.